The Kier molecular flexibility index (Phi) is 7.97. The maximum absolute atomic E-state index is 13.7. The van der Waals surface area contributed by atoms with Gasteiger partial charge in [0.25, 0.3) is 5.56 Å². The van der Waals surface area contributed by atoms with Crippen LogP contribution in [0, 0.1) is 11.3 Å². The summed E-state index contributed by atoms with van der Waals surface area (Å²) in [5.41, 5.74) is 5.22. The van der Waals surface area contributed by atoms with Crippen LogP contribution in [0.2, 0.25) is 0 Å². The molecular weight excluding hydrogens is 446 g/mol. The molecule has 182 valence electrons. The van der Waals surface area contributed by atoms with Crippen molar-refractivity contribution in [1.82, 2.24) is 9.55 Å². The predicted molar refractivity (Wildman–Crippen MR) is 143 cm³/mol. The second-order valence-corrected chi connectivity index (χ2v) is 8.75. The zero-order valence-corrected chi connectivity index (χ0v) is 21.1. The van der Waals surface area contributed by atoms with Crippen LogP contribution in [0.3, 0.4) is 0 Å². The molecule has 0 N–H and O–H groups in total. The van der Waals surface area contributed by atoms with E-state index in [1.54, 1.807) is 4.57 Å². The van der Waals surface area contributed by atoms with E-state index in [1.807, 2.05) is 79.7 Å². The number of aryl methyl sites for hydroxylation is 3. The van der Waals surface area contributed by atoms with Gasteiger partial charge in [0.05, 0.1) is 23.9 Å². The quantitative estimate of drug-likeness (QED) is 0.269. The highest BCUT2D eigenvalue weighted by Crippen LogP contribution is 2.25. The van der Waals surface area contributed by atoms with Gasteiger partial charge in [0, 0.05) is 6.42 Å². The zero-order valence-electron chi connectivity index (χ0n) is 21.1. The molecule has 4 rings (SSSR count). The lowest BCUT2D eigenvalue weighted by Crippen LogP contribution is -2.28. The molecule has 0 unspecified atom stereocenters. The molecule has 5 nitrogen and oxygen atoms in total. The molecule has 36 heavy (non-hydrogen) atoms. The van der Waals surface area contributed by atoms with Crippen molar-refractivity contribution < 1.29 is 4.74 Å². The first-order valence-electron chi connectivity index (χ1n) is 12.6. The fraction of sp³-hybridized carbons (Fsp3) is 0.258. The Morgan fingerprint density at radius 2 is 1.58 bits per heavy atom. The van der Waals surface area contributed by atoms with Gasteiger partial charge in [-0.05, 0) is 59.7 Å². The minimum Gasteiger partial charge on any atom is -0.450 e. The van der Waals surface area contributed by atoms with Crippen molar-refractivity contribution in [2.45, 2.75) is 53.0 Å². The Morgan fingerprint density at radius 3 is 2.22 bits per heavy atom. The molecule has 1 heterocycles. The van der Waals surface area contributed by atoms with Gasteiger partial charge in [-0.1, -0.05) is 75.4 Å². The molecule has 0 fully saturated rings. The highest BCUT2D eigenvalue weighted by atomic mass is 16.5. The number of nitrogens with zero attached hydrogens (tertiary/aromatic N) is 3. The molecule has 1 aromatic heterocycles. The van der Waals surface area contributed by atoms with Gasteiger partial charge in [0.2, 0.25) is 5.75 Å². The summed E-state index contributed by atoms with van der Waals surface area (Å²) in [7, 11) is 0. The summed E-state index contributed by atoms with van der Waals surface area (Å²) >= 11 is 0. The standard InChI is InChI=1S/C31H31N3O2/c1-4-9-29-33-28(6-3)30(36-26-18-14-22(5-2)15-19-26)31(35)34(29)21-23-12-16-24(17-13-23)27-11-8-7-10-25(27)20-32/h7-8,10-19H,4-6,9,21H2,1-3H3. The van der Waals surface area contributed by atoms with Crippen molar-refractivity contribution in [2.75, 3.05) is 0 Å². The summed E-state index contributed by atoms with van der Waals surface area (Å²) in [5, 5.41) is 9.43. The third kappa shape index (κ3) is 5.39. The highest BCUT2D eigenvalue weighted by Gasteiger charge is 2.18. The van der Waals surface area contributed by atoms with Gasteiger partial charge in [-0.15, -0.1) is 0 Å². The first-order chi connectivity index (χ1) is 17.6. The van der Waals surface area contributed by atoms with Crippen LogP contribution < -0.4 is 10.3 Å². The van der Waals surface area contributed by atoms with Crippen LogP contribution >= 0.6 is 0 Å². The van der Waals surface area contributed by atoms with Gasteiger partial charge in [-0.25, -0.2) is 4.98 Å². The molecule has 3 aromatic carbocycles. The Morgan fingerprint density at radius 1 is 0.889 bits per heavy atom. The fourth-order valence-corrected chi connectivity index (χ4v) is 4.27. The van der Waals surface area contributed by atoms with Crippen molar-refractivity contribution >= 4 is 0 Å². The molecule has 4 aromatic rings. The van der Waals surface area contributed by atoms with Crippen LogP contribution in [0.4, 0.5) is 0 Å². The second-order valence-electron chi connectivity index (χ2n) is 8.75. The smallest absolute Gasteiger partial charge is 0.297 e. The summed E-state index contributed by atoms with van der Waals surface area (Å²) in [6.45, 7) is 6.58. The van der Waals surface area contributed by atoms with E-state index in [0.717, 1.165) is 35.4 Å². The number of ether oxygens (including phenoxy) is 1. The Balaban J connectivity index is 1.69. The maximum atomic E-state index is 13.7. The van der Waals surface area contributed by atoms with E-state index < -0.39 is 0 Å². The van der Waals surface area contributed by atoms with Gasteiger partial charge in [-0.2, -0.15) is 5.26 Å². The Labute approximate surface area is 212 Å². The second kappa shape index (κ2) is 11.5. The van der Waals surface area contributed by atoms with Gasteiger partial charge < -0.3 is 4.74 Å². The molecule has 0 aliphatic carbocycles. The predicted octanol–water partition coefficient (Wildman–Crippen LogP) is 6.70. The van der Waals surface area contributed by atoms with Crippen molar-refractivity contribution in [2.24, 2.45) is 0 Å². The molecule has 0 aliphatic heterocycles. The summed E-state index contributed by atoms with van der Waals surface area (Å²) < 4.78 is 7.85. The highest BCUT2D eigenvalue weighted by molar-refractivity contribution is 5.70. The van der Waals surface area contributed by atoms with E-state index in [1.165, 1.54) is 5.56 Å². The Bertz CT molecular complexity index is 1430. The van der Waals surface area contributed by atoms with Gasteiger partial charge in [0.15, 0.2) is 0 Å². The fourth-order valence-electron chi connectivity index (χ4n) is 4.27. The topological polar surface area (TPSA) is 67.9 Å². The minimum absolute atomic E-state index is 0.163. The largest absolute Gasteiger partial charge is 0.450 e. The first kappa shape index (κ1) is 24.9. The normalized spacial score (nSPS) is 10.7. The lowest BCUT2D eigenvalue weighted by Gasteiger charge is -2.17. The van der Waals surface area contributed by atoms with E-state index >= 15 is 0 Å². The van der Waals surface area contributed by atoms with Gasteiger partial charge in [-0.3, -0.25) is 9.36 Å². The maximum Gasteiger partial charge on any atom is 0.297 e. The number of benzene rings is 3. The number of rotatable bonds is 9. The SMILES string of the molecule is CCCc1nc(CC)c(Oc2ccc(CC)cc2)c(=O)n1Cc1ccc(-c2ccccc2C#N)cc1. The van der Waals surface area contributed by atoms with Crippen LogP contribution in [0.5, 0.6) is 11.5 Å². The van der Waals surface area contributed by atoms with Crippen LogP contribution in [0.15, 0.2) is 77.6 Å². The molecule has 5 heteroatoms. The third-order valence-corrected chi connectivity index (χ3v) is 6.29. The molecule has 0 bridgehead atoms. The first-order valence-corrected chi connectivity index (χ1v) is 12.6. The van der Waals surface area contributed by atoms with Crippen LogP contribution in [0.25, 0.3) is 11.1 Å². The van der Waals surface area contributed by atoms with E-state index in [0.29, 0.717) is 42.1 Å². The van der Waals surface area contributed by atoms with Crippen LogP contribution in [-0.2, 0) is 25.8 Å². The van der Waals surface area contributed by atoms with Crippen molar-refractivity contribution in [3.8, 4) is 28.7 Å². The van der Waals surface area contributed by atoms with Gasteiger partial charge >= 0.3 is 0 Å². The molecular formula is C31H31N3O2. The number of nitriles is 1. The number of hydrogen-bond donors (Lipinski definition) is 0. The minimum atomic E-state index is -0.163. The molecule has 0 spiro atoms. The average molecular weight is 478 g/mol. The van der Waals surface area contributed by atoms with Crippen LogP contribution in [-0.4, -0.2) is 9.55 Å². The lowest BCUT2D eigenvalue weighted by atomic mass is 9.99. The summed E-state index contributed by atoms with van der Waals surface area (Å²) in [5.74, 6) is 1.70. The average Bonchev–Trinajstić information content (AvgIpc) is 2.93. The van der Waals surface area contributed by atoms with E-state index in [4.69, 9.17) is 9.72 Å². The van der Waals surface area contributed by atoms with E-state index in [9.17, 15) is 10.1 Å². The zero-order chi connectivity index (χ0) is 25.5. The lowest BCUT2D eigenvalue weighted by molar-refractivity contribution is 0.450. The molecule has 0 saturated carbocycles. The summed E-state index contributed by atoms with van der Waals surface area (Å²) in [6.07, 6.45) is 3.16. The third-order valence-electron chi connectivity index (χ3n) is 6.29. The molecule has 0 aliphatic rings. The molecule has 0 radical (unpaired) electrons. The number of aromatic nitrogens is 2. The van der Waals surface area contributed by atoms with Crippen molar-refractivity contribution in [1.29, 1.82) is 5.26 Å². The van der Waals surface area contributed by atoms with Crippen molar-refractivity contribution in [3.05, 3.63) is 111 Å². The monoisotopic (exact) mass is 477 g/mol. The summed E-state index contributed by atoms with van der Waals surface area (Å²) in [6, 6.07) is 25.7. The molecule has 0 amide bonds. The van der Waals surface area contributed by atoms with E-state index in [-0.39, 0.29) is 5.56 Å². The number of hydrogen-bond acceptors (Lipinski definition) is 4. The Hall–Kier alpha value is -4.17. The molecule has 0 atom stereocenters. The molecule has 0 saturated heterocycles. The van der Waals surface area contributed by atoms with Gasteiger partial charge in [0.1, 0.15) is 11.6 Å². The van der Waals surface area contributed by atoms with Crippen LogP contribution in [0.1, 0.15) is 55.4 Å². The van der Waals surface area contributed by atoms with E-state index in [2.05, 4.69) is 19.9 Å². The summed E-state index contributed by atoms with van der Waals surface area (Å²) in [4.78, 5) is 18.6. The van der Waals surface area contributed by atoms with Crippen molar-refractivity contribution in [3.63, 3.8) is 0 Å².